The second kappa shape index (κ2) is 8.14. The summed E-state index contributed by atoms with van der Waals surface area (Å²) in [6, 6.07) is 14.5. The van der Waals surface area contributed by atoms with Crippen molar-refractivity contribution in [2.24, 2.45) is 0 Å². The monoisotopic (exact) mass is 396 g/mol. The van der Waals surface area contributed by atoms with E-state index in [2.05, 4.69) is 20.6 Å². The van der Waals surface area contributed by atoms with Crippen LogP contribution in [0.2, 0.25) is 5.02 Å². The molecular weight excluding hydrogens is 380 g/mol. The first-order chi connectivity index (χ1) is 13.7. The summed E-state index contributed by atoms with van der Waals surface area (Å²) in [5.74, 6) is 1.41. The van der Waals surface area contributed by atoms with Gasteiger partial charge in [-0.05, 0) is 42.3 Å². The minimum atomic E-state index is -0.259. The van der Waals surface area contributed by atoms with Crippen molar-refractivity contribution in [2.45, 2.75) is 6.42 Å². The van der Waals surface area contributed by atoms with Crippen LogP contribution >= 0.6 is 11.6 Å². The zero-order valence-electron chi connectivity index (χ0n) is 14.8. The average Bonchev–Trinajstić information content (AvgIpc) is 3.17. The van der Waals surface area contributed by atoms with Gasteiger partial charge >= 0.3 is 0 Å². The smallest absolute Gasteiger partial charge is 0.270 e. The summed E-state index contributed by atoms with van der Waals surface area (Å²) in [5, 5.41) is 6.62. The summed E-state index contributed by atoms with van der Waals surface area (Å²) in [7, 11) is 0. The van der Waals surface area contributed by atoms with Gasteiger partial charge in [-0.1, -0.05) is 23.7 Å². The Hall–Kier alpha value is -3.32. The van der Waals surface area contributed by atoms with Gasteiger partial charge in [0.1, 0.15) is 5.69 Å². The largest absolute Gasteiger partial charge is 0.454 e. The van der Waals surface area contributed by atoms with E-state index in [0.29, 0.717) is 35.4 Å². The summed E-state index contributed by atoms with van der Waals surface area (Å²) >= 11 is 5.87. The van der Waals surface area contributed by atoms with E-state index in [9.17, 15) is 4.79 Å². The maximum Gasteiger partial charge on any atom is 0.270 e. The van der Waals surface area contributed by atoms with E-state index in [4.69, 9.17) is 21.1 Å². The number of rotatable bonds is 6. The summed E-state index contributed by atoms with van der Waals surface area (Å²) in [6.45, 7) is 0.705. The van der Waals surface area contributed by atoms with E-state index in [-0.39, 0.29) is 18.4 Å². The summed E-state index contributed by atoms with van der Waals surface area (Å²) < 4.78 is 10.6. The maximum atomic E-state index is 12.4. The van der Waals surface area contributed by atoms with Crippen LogP contribution in [-0.2, 0) is 6.42 Å². The molecule has 8 heteroatoms. The predicted octanol–water partition coefficient (Wildman–Crippen LogP) is 3.57. The number of ether oxygens (including phenoxy) is 2. The van der Waals surface area contributed by atoms with E-state index in [1.54, 1.807) is 18.2 Å². The third-order valence-corrected chi connectivity index (χ3v) is 4.38. The Bertz CT molecular complexity index is 995. The molecular formula is C20H17ClN4O3. The lowest BCUT2D eigenvalue weighted by atomic mass is 10.1. The van der Waals surface area contributed by atoms with Gasteiger partial charge in [0.25, 0.3) is 5.91 Å². The number of anilines is 2. The highest BCUT2D eigenvalue weighted by atomic mass is 35.5. The van der Waals surface area contributed by atoms with E-state index >= 15 is 0 Å². The number of hydrogen-bond donors (Lipinski definition) is 2. The van der Waals surface area contributed by atoms with Crippen molar-refractivity contribution in [3.63, 3.8) is 0 Å². The molecule has 0 aliphatic carbocycles. The van der Waals surface area contributed by atoms with Crippen molar-refractivity contribution in [1.82, 2.24) is 15.3 Å². The van der Waals surface area contributed by atoms with Crippen LogP contribution < -0.4 is 20.1 Å². The first kappa shape index (κ1) is 18.1. The summed E-state index contributed by atoms with van der Waals surface area (Å²) in [6.07, 6.45) is 2.24. The van der Waals surface area contributed by atoms with Gasteiger partial charge in [0.05, 0.1) is 0 Å². The van der Waals surface area contributed by atoms with E-state index in [1.807, 2.05) is 30.3 Å². The van der Waals surface area contributed by atoms with Crippen LogP contribution in [0.5, 0.6) is 11.5 Å². The van der Waals surface area contributed by atoms with Crippen LogP contribution in [-0.4, -0.2) is 29.2 Å². The normalized spacial score (nSPS) is 11.9. The molecule has 1 aliphatic heterocycles. The van der Waals surface area contributed by atoms with Crippen molar-refractivity contribution in [3.05, 3.63) is 71.0 Å². The zero-order chi connectivity index (χ0) is 19.3. The standard InChI is InChI=1S/C20H17ClN4O3/c21-14-3-1-13(2-4-14)7-9-22-19(26)16-8-10-23-20(25-16)24-15-5-6-17-18(11-15)28-12-27-17/h1-6,8,10-11H,7,9,12H2,(H,22,26)(H,23,24,25). The summed E-state index contributed by atoms with van der Waals surface area (Å²) in [4.78, 5) is 20.8. The van der Waals surface area contributed by atoms with Crippen LogP contribution in [0.3, 0.4) is 0 Å². The Kier molecular flexibility index (Phi) is 5.25. The molecule has 2 heterocycles. The molecule has 0 unspecified atom stereocenters. The summed E-state index contributed by atoms with van der Waals surface area (Å²) in [5.41, 5.74) is 2.12. The van der Waals surface area contributed by atoms with Gasteiger partial charge in [-0.3, -0.25) is 4.79 Å². The molecule has 142 valence electrons. The number of halogens is 1. The number of carbonyl (C=O) groups excluding carboxylic acids is 1. The van der Waals surface area contributed by atoms with Crippen molar-refractivity contribution >= 4 is 29.1 Å². The molecule has 1 aromatic heterocycles. The van der Waals surface area contributed by atoms with Crippen molar-refractivity contribution in [1.29, 1.82) is 0 Å². The highest BCUT2D eigenvalue weighted by Gasteiger charge is 2.14. The lowest BCUT2D eigenvalue weighted by molar-refractivity contribution is 0.0949. The molecule has 4 rings (SSSR count). The molecule has 28 heavy (non-hydrogen) atoms. The van der Waals surface area contributed by atoms with Gasteiger partial charge < -0.3 is 20.1 Å². The second-order valence-corrected chi connectivity index (χ2v) is 6.53. The molecule has 0 fully saturated rings. The molecule has 0 bridgehead atoms. The number of benzene rings is 2. The molecule has 2 N–H and O–H groups in total. The molecule has 1 amide bonds. The van der Waals surface area contributed by atoms with Crippen LogP contribution in [0.4, 0.5) is 11.6 Å². The molecule has 0 spiro atoms. The number of hydrogen-bond acceptors (Lipinski definition) is 6. The van der Waals surface area contributed by atoms with E-state index in [1.165, 1.54) is 6.20 Å². The first-order valence-corrected chi connectivity index (χ1v) is 9.07. The second-order valence-electron chi connectivity index (χ2n) is 6.09. The fraction of sp³-hybridized carbons (Fsp3) is 0.150. The third kappa shape index (κ3) is 4.32. The van der Waals surface area contributed by atoms with Gasteiger partial charge in [-0.15, -0.1) is 0 Å². The highest BCUT2D eigenvalue weighted by Crippen LogP contribution is 2.34. The Morgan fingerprint density at radius 2 is 1.89 bits per heavy atom. The van der Waals surface area contributed by atoms with Crippen molar-refractivity contribution < 1.29 is 14.3 Å². The number of amides is 1. The van der Waals surface area contributed by atoms with Gasteiger partial charge in [0, 0.05) is 29.5 Å². The highest BCUT2D eigenvalue weighted by molar-refractivity contribution is 6.30. The SMILES string of the molecule is O=C(NCCc1ccc(Cl)cc1)c1ccnc(Nc2ccc3c(c2)OCO3)n1. The van der Waals surface area contributed by atoms with Gasteiger partial charge in [-0.25, -0.2) is 9.97 Å². The number of carbonyl (C=O) groups is 1. The van der Waals surface area contributed by atoms with Gasteiger partial charge in [0.2, 0.25) is 12.7 Å². The van der Waals surface area contributed by atoms with Crippen LogP contribution in [0, 0.1) is 0 Å². The Balaban J connectivity index is 1.36. The molecule has 1 aliphatic rings. The van der Waals surface area contributed by atoms with Crippen LogP contribution in [0.15, 0.2) is 54.7 Å². The fourth-order valence-electron chi connectivity index (χ4n) is 2.71. The average molecular weight is 397 g/mol. The lowest BCUT2D eigenvalue weighted by Crippen LogP contribution is -2.26. The number of nitrogens with one attached hydrogen (secondary N) is 2. The third-order valence-electron chi connectivity index (χ3n) is 4.13. The molecule has 0 radical (unpaired) electrons. The van der Waals surface area contributed by atoms with E-state index in [0.717, 1.165) is 11.3 Å². The van der Waals surface area contributed by atoms with Crippen molar-refractivity contribution in [3.8, 4) is 11.5 Å². The Morgan fingerprint density at radius 1 is 1.07 bits per heavy atom. The Labute approximate surface area is 166 Å². The van der Waals surface area contributed by atoms with Crippen LogP contribution in [0.1, 0.15) is 16.1 Å². The predicted molar refractivity (Wildman–Crippen MR) is 105 cm³/mol. The van der Waals surface area contributed by atoms with Gasteiger partial charge in [0.15, 0.2) is 11.5 Å². The maximum absolute atomic E-state index is 12.4. The molecule has 7 nitrogen and oxygen atoms in total. The molecule has 0 atom stereocenters. The first-order valence-electron chi connectivity index (χ1n) is 8.70. The van der Waals surface area contributed by atoms with Crippen LogP contribution in [0.25, 0.3) is 0 Å². The van der Waals surface area contributed by atoms with Crippen molar-refractivity contribution in [2.75, 3.05) is 18.7 Å². The molecule has 0 saturated heterocycles. The number of fused-ring (bicyclic) bond motifs is 1. The van der Waals surface area contributed by atoms with Gasteiger partial charge in [-0.2, -0.15) is 0 Å². The minimum absolute atomic E-state index is 0.209. The molecule has 3 aromatic rings. The zero-order valence-corrected chi connectivity index (χ0v) is 15.6. The molecule has 2 aromatic carbocycles. The topological polar surface area (TPSA) is 85.4 Å². The van der Waals surface area contributed by atoms with E-state index < -0.39 is 0 Å². The molecule has 0 saturated carbocycles. The Morgan fingerprint density at radius 3 is 2.75 bits per heavy atom. The number of nitrogens with zero attached hydrogens (tertiary/aromatic N) is 2. The fourth-order valence-corrected chi connectivity index (χ4v) is 2.84. The lowest BCUT2D eigenvalue weighted by Gasteiger charge is -2.08. The minimum Gasteiger partial charge on any atom is -0.454 e. The number of aromatic nitrogens is 2. The quantitative estimate of drug-likeness (QED) is 0.662.